The quantitative estimate of drug-likeness (QED) is 0.500. The van der Waals surface area contributed by atoms with Crippen LogP contribution in [0.5, 0.6) is 11.6 Å². The normalized spacial score (nSPS) is 14.1. The fourth-order valence-corrected chi connectivity index (χ4v) is 3.98. The molecule has 0 amide bonds. The summed E-state index contributed by atoms with van der Waals surface area (Å²) in [6.45, 7) is 9.33. The molecule has 3 rings (SSSR count). The van der Waals surface area contributed by atoms with Gasteiger partial charge in [0.15, 0.2) is 0 Å². The Labute approximate surface area is 179 Å². The lowest BCUT2D eigenvalue weighted by Crippen LogP contribution is -2.32. The van der Waals surface area contributed by atoms with Gasteiger partial charge in [-0.15, -0.1) is 10.2 Å². The van der Waals surface area contributed by atoms with Crippen molar-refractivity contribution >= 4 is 5.97 Å². The first kappa shape index (κ1) is 21.8. The van der Waals surface area contributed by atoms with E-state index < -0.39 is 0 Å². The lowest BCUT2D eigenvalue weighted by Gasteiger charge is -2.38. The molecule has 0 radical (unpaired) electrons. The Morgan fingerprint density at radius 2 is 1.93 bits per heavy atom. The first-order chi connectivity index (χ1) is 14.5. The molecule has 0 aliphatic carbocycles. The molecule has 0 spiro atoms. The van der Waals surface area contributed by atoms with Gasteiger partial charge in [-0.25, -0.2) is 0 Å². The van der Waals surface area contributed by atoms with E-state index in [1.165, 1.54) is 11.1 Å². The average Bonchev–Trinajstić information content (AvgIpc) is 2.77. The van der Waals surface area contributed by atoms with Gasteiger partial charge in [0.05, 0.1) is 6.61 Å². The molecule has 0 bridgehead atoms. The smallest absolute Gasteiger partial charge is 0.312 e. The second-order valence-corrected chi connectivity index (χ2v) is 7.68. The molecule has 0 saturated carbocycles. The molecular weight excluding hydrogens is 376 g/mol. The Bertz CT molecular complexity index is 951. The second kappa shape index (κ2) is 9.75. The molecule has 158 valence electrons. The van der Waals surface area contributed by atoms with Crippen LogP contribution in [0.3, 0.4) is 0 Å². The van der Waals surface area contributed by atoms with E-state index in [-0.39, 0.29) is 17.3 Å². The number of rotatable bonds is 6. The topological polar surface area (TPSA) is 61.3 Å². The number of aryl methyl sites for hydroxylation is 1. The summed E-state index contributed by atoms with van der Waals surface area (Å²) in [5.74, 6) is 7.30. The zero-order valence-electron chi connectivity index (χ0n) is 18.4. The Morgan fingerprint density at radius 3 is 2.57 bits per heavy atom. The lowest BCUT2D eigenvalue weighted by molar-refractivity contribution is -0.134. The van der Waals surface area contributed by atoms with Crippen molar-refractivity contribution in [2.45, 2.75) is 71.6 Å². The molecule has 30 heavy (non-hydrogen) atoms. The first-order valence-electron chi connectivity index (χ1n) is 10.9. The highest BCUT2D eigenvalue weighted by Crippen LogP contribution is 2.44. The first-order valence-corrected chi connectivity index (χ1v) is 10.9. The van der Waals surface area contributed by atoms with Crippen molar-refractivity contribution in [1.29, 1.82) is 0 Å². The van der Waals surface area contributed by atoms with Crippen molar-refractivity contribution in [3.05, 3.63) is 46.6 Å². The fraction of sp³-hybridized carbons (Fsp3) is 0.480. The fourth-order valence-electron chi connectivity index (χ4n) is 3.98. The number of hydrogen-bond donors (Lipinski definition) is 0. The van der Waals surface area contributed by atoms with E-state index >= 15 is 0 Å². The monoisotopic (exact) mass is 406 g/mol. The predicted octanol–water partition coefficient (Wildman–Crippen LogP) is 4.98. The number of esters is 1. The molecule has 0 unspecified atom stereocenters. The van der Waals surface area contributed by atoms with Gasteiger partial charge in [-0.05, 0) is 61.8 Å². The van der Waals surface area contributed by atoms with Crippen LogP contribution in [0.1, 0.15) is 82.2 Å². The number of fused-ring (bicyclic) bond motifs is 1. The van der Waals surface area contributed by atoms with Gasteiger partial charge in [-0.2, -0.15) is 0 Å². The van der Waals surface area contributed by atoms with Crippen LogP contribution in [0, 0.1) is 11.8 Å². The lowest BCUT2D eigenvalue weighted by atomic mass is 9.71. The number of carbonyl (C=O) groups excluding carboxylic acids is 1. The summed E-state index contributed by atoms with van der Waals surface area (Å²) in [5, 5.41) is 8.05. The standard InChI is InChI=1S/C25H30N2O3/c1-5-9-24(28)30-23-13-12-20(26-27-23)11-10-19-16-21-22(17-18(19)6-2)29-15-14-25(21,7-3)8-4/h12-13,16-17H,5-9,14-15H2,1-4H3. The Hall–Kier alpha value is -2.87. The summed E-state index contributed by atoms with van der Waals surface area (Å²) >= 11 is 0. The van der Waals surface area contributed by atoms with Gasteiger partial charge in [0.2, 0.25) is 5.88 Å². The van der Waals surface area contributed by atoms with Crippen molar-refractivity contribution in [2.75, 3.05) is 6.61 Å². The van der Waals surface area contributed by atoms with Crippen LogP contribution in [0.2, 0.25) is 0 Å². The predicted molar refractivity (Wildman–Crippen MR) is 117 cm³/mol. The third kappa shape index (κ3) is 4.64. The van der Waals surface area contributed by atoms with Crippen LogP contribution in [0.15, 0.2) is 24.3 Å². The van der Waals surface area contributed by atoms with E-state index in [1.54, 1.807) is 12.1 Å². The van der Waals surface area contributed by atoms with E-state index in [4.69, 9.17) is 9.47 Å². The van der Waals surface area contributed by atoms with Crippen molar-refractivity contribution in [3.8, 4) is 23.5 Å². The average molecular weight is 407 g/mol. The molecule has 5 nitrogen and oxygen atoms in total. The SMILES string of the molecule is CCCC(=O)Oc1ccc(C#Cc2cc3c(cc2CC)OCCC3(CC)CC)nn1. The number of hydrogen-bond acceptors (Lipinski definition) is 5. The van der Waals surface area contributed by atoms with Gasteiger partial charge in [0, 0.05) is 29.0 Å². The van der Waals surface area contributed by atoms with Crippen molar-refractivity contribution < 1.29 is 14.3 Å². The van der Waals surface area contributed by atoms with E-state index in [9.17, 15) is 4.79 Å². The van der Waals surface area contributed by atoms with E-state index in [0.29, 0.717) is 12.1 Å². The van der Waals surface area contributed by atoms with Crippen LogP contribution in [0.4, 0.5) is 0 Å². The third-order valence-electron chi connectivity index (χ3n) is 5.99. The number of nitrogens with zero attached hydrogens (tertiary/aromatic N) is 2. The van der Waals surface area contributed by atoms with Gasteiger partial charge < -0.3 is 9.47 Å². The Kier molecular flexibility index (Phi) is 7.10. The highest BCUT2D eigenvalue weighted by atomic mass is 16.5. The van der Waals surface area contributed by atoms with Gasteiger partial charge in [0.1, 0.15) is 11.4 Å². The Morgan fingerprint density at radius 1 is 1.13 bits per heavy atom. The summed E-state index contributed by atoms with van der Waals surface area (Å²) in [5.41, 5.74) is 4.14. The van der Waals surface area contributed by atoms with E-state index in [0.717, 1.165) is 50.0 Å². The largest absolute Gasteiger partial charge is 0.493 e. The summed E-state index contributed by atoms with van der Waals surface area (Å²) < 4.78 is 11.1. The minimum atomic E-state index is -0.301. The molecule has 1 aliphatic heterocycles. The highest BCUT2D eigenvalue weighted by molar-refractivity contribution is 5.71. The van der Waals surface area contributed by atoms with Crippen molar-refractivity contribution in [1.82, 2.24) is 10.2 Å². The minimum absolute atomic E-state index is 0.153. The summed E-state index contributed by atoms with van der Waals surface area (Å²) in [7, 11) is 0. The van der Waals surface area contributed by atoms with Crippen LogP contribution in [-0.4, -0.2) is 22.8 Å². The summed E-state index contributed by atoms with van der Waals surface area (Å²) in [6.07, 6.45) is 5.18. The van der Waals surface area contributed by atoms with Gasteiger partial charge in [-0.3, -0.25) is 4.79 Å². The summed E-state index contributed by atoms with van der Waals surface area (Å²) in [4.78, 5) is 11.6. The molecule has 0 atom stereocenters. The van der Waals surface area contributed by atoms with Crippen molar-refractivity contribution in [3.63, 3.8) is 0 Å². The molecule has 0 saturated heterocycles. The molecule has 1 aromatic carbocycles. The van der Waals surface area contributed by atoms with E-state index in [2.05, 4.69) is 54.9 Å². The maximum absolute atomic E-state index is 11.6. The van der Waals surface area contributed by atoms with Crippen LogP contribution in [0.25, 0.3) is 0 Å². The third-order valence-corrected chi connectivity index (χ3v) is 5.99. The van der Waals surface area contributed by atoms with Crippen LogP contribution in [-0.2, 0) is 16.6 Å². The van der Waals surface area contributed by atoms with Crippen LogP contribution < -0.4 is 9.47 Å². The number of aromatic nitrogens is 2. The van der Waals surface area contributed by atoms with Crippen molar-refractivity contribution in [2.24, 2.45) is 0 Å². The van der Waals surface area contributed by atoms with Gasteiger partial charge in [0.25, 0.3) is 0 Å². The van der Waals surface area contributed by atoms with E-state index in [1.807, 2.05) is 6.92 Å². The molecule has 0 N–H and O–H groups in total. The molecule has 1 aliphatic rings. The summed E-state index contributed by atoms with van der Waals surface area (Å²) in [6, 6.07) is 7.72. The van der Waals surface area contributed by atoms with Gasteiger partial charge >= 0.3 is 5.97 Å². The van der Waals surface area contributed by atoms with Gasteiger partial charge in [-0.1, -0.05) is 33.6 Å². The Balaban J connectivity index is 1.89. The number of benzene rings is 1. The molecule has 5 heteroatoms. The van der Waals surface area contributed by atoms with Crippen LogP contribution >= 0.6 is 0 Å². The zero-order valence-corrected chi connectivity index (χ0v) is 18.4. The maximum Gasteiger partial charge on any atom is 0.312 e. The molecule has 1 aromatic heterocycles. The number of carbonyl (C=O) groups is 1. The molecule has 0 fully saturated rings. The highest BCUT2D eigenvalue weighted by Gasteiger charge is 2.35. The molecular formula is C25H30N2O3. The maximum atomic E-state index is 11.6. The minimum Gasteiger partial charge on any atom is -0.493 e. The number of ether oxygens (including phenoxy) is 2. The second-order valence-electron chi connectivity index (χ2n) is 7.68. The molecule has 2 aromatic rings. The zero-order chi connectivity index (χ0) is 21.6. The molecule has 2 heterocycles.